The van der Waals surface area contributed by atoms with Crippen LogP contribution < -0.4 is 0 Å². The molecule has 118 valence electrons. The maximum Gasteiger partial charge on any atom is 0.113 e. The molecule has 0 aliphatic heterocycles. The molecule has 0 bridgehead atoms. The van der Waals surface area contributed by atoms with Crippen LogP contribution in [0.2, 0.25) is 0 Å². The van der Waals surface area contributed by atoms with E-state index in [9.17, 15) is 5.11 Å². The van der Waals surface area contributed by atoms with Crippen molar-refractivity contribution in [2.75, 3.05) is 0 Å². The second kappa shape index (κ2) is 7.35. The standard InChI is InChI=1S/C18H32BOP/c19-18(20)13-7-12-17(14-18)21(15-8-3-1-4-9-15)16-10-5-2-6-11-16/h15-17,20H,1-14H2. The Balaban J connectivity index is 1.73. The molecule has 2 radical (unpaired) electrons. The molecule has 0 aromatic carbocycles. The Bertz CT molecular complexity index is 303. The van der Waals surface area contributed by atoms with E-state index in [1.807, 2.05) is 0 Å². The lowest BCUT2D eigenvalue weighted by atomic mass is 9.70. The van der Waals surface area contributed by atoms with E-state index in [1.165, 1.54) is 70.6 Å². The highest BCUT2D eigenvalue weighted by Crippen LogP contribution is 2.62. The summed E-state index contributed by atoms with van der Waals surface area (Å²) in [6.45, 7) is 0. The minimum Gasteiger partial charge on any atom is -0.400 e. The highest BCUT2D eigenvalue weighted by molar-refractivity contribution is 7.60. The third kappa shape index (κ3) is 4.26. The summed E-state index contributed by atoms with van der Waals surface area (Å²) in [7, 11) is 6.22. The Hall–Kier alpha value is 0.455. The van der Waals surface area contributed by atoms with Crippen LogP contribution in [-0.4, -0.2) is 35.4 Å². The zero-order chi connectivity index (χ0) is 14.7. The third-order valence-electron chi connectivity index (χ3n) is 6.15. The molecule has 0 aromatic rings. The molecule has 0 aromatic heterocycles. The summed E-state index contributed by atoms with van der Waals surface area (Å²) < 4.78 is 0. The van der Waals surface area contributed by atoms with Crippen molar-refractivity contribution < 1.29 is 5.11 Å². The number of aliphatic hydroxyl groups is 1. The molecule has 2 unspecified atom stereocenters. The minimum absolute atomic E-state index is 0.0864. The van der Waals surface area contributed by atoms with Gasteiger partial charge >= 0.3 is 0 Å². The number of rotatable bonds is 3. The fourth-order valence-corrected chi connectivity index (χ4v) is 9.88. The molecule has 21 heavy (non-hydrogen) atoms. The Morgan fingerprint density at radius 1 is 0.714 bits per heavy atom. The van der Waals surface area contributed by atoms with Gasteiger partial charge in [-0.2, -0.15) is 0 Å². The van der Waals surface area contributed by atoms with Gasteiger partial charge in [0.25, 0.3) is 0 Å². The van der Waals surface area contributed by atoms with Crippen molar-refractivity contribution in [3.63, 3.8) is 0 Å². The van der Waals surface area contributed by atoms with Gasteiger partial charge in [-0.1, -0.05) is 52.9 Å². The van der Waals surface area contributed by atoms with Crippen molar-refractivity contribution in [3.05, 3.63) is 0 Å². The predicted octanol–water partition coefficient (Wildman–Crippen LogP) is 4.93. The van der Waals surface area contributed by atoms with Gasteiger partial charge in [0, 0.05) is 5.50 Å². The Morgan fingerprint density at radius 2 is 1.19 bits per heavy atom. The zero-order valence-electron chi connectivity index (χ0n) is 13.6. The van der Waals surface area contributed by atoms with Crippen LogP contribution >= 0.6 is 7.92 Å². The average molecular weight is 306 g/mol. The van der Waals surface area contributed by atoms with Crippen LogP contribution in [0.5, 0.6) is 0 Å². The lowest BCUT2D eigenvalue weighted by molar-refractivity contribution is 0.0872. The van der Waals surface area contributed by atoms with Crippen LogP contribution in [0, 0.1) is 0 Å². The summed E-state index contributed by atoms with van der Waals surface area (Å²) in [6.07, 6.45) is 18.8. The van der Waals surface area contributed by atoms with E-state index in [-0.39, 0.29) is 7.92 Å². The first-order valence-corrected chi connectivity index (χ1v) is 11.0. The maximum absolute atomic E-state index is 10.4. The van der Waals surface area contributed by atoms with Crippen LogP contribution in [0.3, 0.4) is 0 Å². The second-order valence-electron chi connectivity index (χ2n) is 7.88. The SMILES string of the molecule is [B]C1(O)CCCC(P(C2CCCCC2)C2CCCCC2)C1. The number of hydrogen-bond donors (Lipinski definition) is 1. The smallest absolute Gasteiger partial charge is 0.113 e. The van der Waals surface area contributed by atoms with Gasteiger partial charge in [0.1, 0.15) is 7.85 Å². The van der Waals surface area contributed by atoms with E-state index in [4.69, 9.17) is 7.85 Å². The van der Waals surface area contributed by atoms with Crippen molar-refractivity contribution in [1.29, 1.82) is 0 Å². The summed E-state index contributed by atoms with van der Waals surface area (Å²) in [6, 6.07) is 0. The number of hydrogen-bond acceptors (Lipinski definition) is 1. The molecule has 1 nitrogen and oxygen atoms in total. The monoisotopic (exact) mass is 306 g/mol. The van der Waals surface area contributed by atoms with Gasteiger partial charge in [0.05, 0.1) is 0 Å². The second-order valence-corrected chi connectivity index (χ2v) is 11.0. The first-order chi connectivity index (χ1) is 10.2. The highest BCUT2D eigenvalue weighted by Gasteiger charge is 2.40. The van der Waals surface area contributed by atoms with Gasteiger partial charge in [-0.25, -0.2) is 0 Å². The quantitative estimate of drug-likeness (QED) is 0.579. The molecule has 3 heteroatoms. The average Bonchev–Trinajstić information content (AvgIpc) is 2.49. The van der Waals surface area contributed by atoms with Crippen LogP contribution in [0.25, 0.3) is 0 Å². The molecule has 3 saturated carbocycles. The van der Waals surface area contributed by atoms with Crippen molar-refractivity contribution in [2.24, 2.45) is 0 Å². The van der Waals surface area contributed by atoms with E-state index in [0.717, 1.165) is 36.2 Å². The topological polar surface area (TPSA) is 20.2 Å². The molecule has 0 amide bonds. The van der Waals surface area contributed by atoms with Gasteiger partial charge in [-0.3, -0.25) is 0 Å². The normalized spacial score (nSPS) is 37.0. The summed E-state index contributed by atoms with van der Waals surface area (Å²) in [4.78, 5) is 0. The first kappa shape index (κ1) is 16.3. The lowest BCUT2D eigenvalue weighted by Gasteiger charge is -2.47. The Kier molecular flexibility index (Phi) is 5.71. The van der Waals surface area contributed by atoms with Crippen LogP contribution in [0.15, 0.2) is 0 Å². The van der Waals surface area contributed by atoms with E-state index in [1.54, 1.807) is 0 Å². The molecule has 0 spiro atoms. The molecule has 3 fully saturated rings. The third-order valence-corrected chi connectivity index (χ3v) is 10.2. The van der Waals surface area contributed by atoms with Crippen LogP contribution in [0.4, 0.5) is 0 Å². The summed E-state index contributed by atoms with van der Waals surface area (Å²) in [5, 5.41) is 10.4. The van der Waals surface area contributed by atoms with Gasteiger partial charge in [0.15, 0.2) is 0 Å². The van der Waals surface area contributed by atoms with Gasteiger partial charge < -0.3 is 5.11 Å². The van der Waals surface area contributed by atoms with Crippen LogP contribution in [-0.2, 0) is 0 Å². The molecule has 0 heterocycles. The largest absolute Gasteiger partial charge is 0.400 e. The molecule has 3 rings (SSSR count). The molecule has 3 aliphatic carbocycles. The molecule has 2 atom stereocenters. The molecular weight excluding hydrogens is 274 g/mol. The predicted molar refractivity (Wildman–Crippen MR) is 93.6 cm³/mol. The van der Waals surface area contributed by atoms with E-state index < -0.39 is 5.50 Å². The zero-order valence-corrected chi connectivity index (χ0v) is 14.5. The van der Waals surface area contributed by atoms with Crippen molar-refractivity contribution in [3.8, 4) is 0 Å². The Labute approximate surface area is 133 Å². The van der Waals surface area contributed by atoms with E-state index in [2.05, 4.69) is 0 Å². The summed E-state index contributed by atoms with van der Waals surface area (Å²) in [5.41, 5.74) is 1.90. The van der Waals surface area contributed by atoms with Gasteiger partial charge in [-0.15, -0.1) is 0 Å². The minimum atomic E-state index is -0.854. The fourth-order valence-electron chi connectivity index (χ4n) is 5.16. The van der Waals surface area contributed by atoms with E-state index >= 15 is 0 Å². The van der Waals surface area contributed by atoms with Crippen molar-refractivity contribution in [2.45, 2.75) is 112 Å². The fraction of sp³-hybridized carbons (Fsp3) is 1.00. The van der Waals surface area contributed by atoms with Gasteiger partial charge in [-0.05, 0) is 61.9 Å². The molecular formula is C18H32BOP. The van der Waals surface area contributed by atoms with E-state index in [0.29, 0.717) is 0 Å². The van der Waals surface area contributed by atoms with Crippen molar-refractivity contribution in [1.82, 2.24) is 0 Å². The summed E-state index contributed by atoms with van der Waals surface area (Å²) >= 11 is 0. The molecule has 0 saturated heterocycles. The highest BCUT2D eigenvalue weighted by atomic mass is 31.1. The maximum atomic E-state index is 10.4. The Morgan fingerprint density at radius 3 is 1.67 bits per heavy atom. The van der Waals surface area contributed by atoms with Gasteiger partial charge in [0.2, 0.25) is 0 Å². The molecule has 1 N–H and O–H groups in total. The lowest BCUT2D eigenvalue weighted by Crippen LogP contribution is -2.39. The first-order valence-electron chi connectivity index (χ1n) is 9.44. The molecule has 3 aliphatic rings. The summed E-state index contributed by atoms with van der Waals surface area (Å²) in [5.74, 6) is 0. The van der Waals surface area contributed by atoms with Crippen molar-refractivity contribution >= 4 is 15.8 Å². The van der Waals surface area contributed by atoms with Crippen LogP contribution in [0.1, 0.15) is 89.9 Å².